The van der Waals surface area contributed by atoms with Crippen LogP contribution in [0, 0.1) is 25.2 Å². The van der Waals surface area contributed by atoms with Crippen molar-refractivity contribution >= 4 is 34.6 Å². The van der Waals surface area contributed by atoms with Gasteiger partial charge >= 0.3 is 18.4 Å². The van der Waals surface area contributed by atoms with E-state index in [4.69, 9.17) is 9.47 Å². The van der Waals surface area contributed by atoms with Crippen LogP contribution in [-0.2, 0) is 22.2 Å². The Morgan fingerprint density at radius 1 is 0.922 bits per heavy atom. The minimum atomic E-state index is -4.66. The highest BCUT2D eigenvalue weighted by Crippen LogP contribution is 2.46. The number of piperidine rings is 1. The number of aromatic nitrogens is 3. The Balaban J connectivity index is 1.07. The number of anilines is 2. The second kappa shape index (κ2) is 19.1. The number of nitrogens with one attached hydrogen (secondary N) is 2. The van der Waals surface area contributed by atoms with Crippen LogP contribution in [0.25, 0.3) is 22.0 Å². The van der Waals surface area contributed by atoms with E-state index >= 15 is 0 Å². The second-order valence-corrected chi connectivity index (χ2v) is 20.1. The molecule has 2 aliphatic rings. The van der Waals surface area contributed by atoms with E-state index in [1.807, 2.05) is 57.0 Å². The number of rotatable bonds is 11. The molecule has 1 aliphatic carbocycles. The van der Waals surface area contributed by atoms with Crippen LogP contribution < -0.4 is 16.2 Å². The van der Waals surface area contributed by atoms with Crippen LogP contribution in [0.4, 0.5) is 34.3 Å². The standard InChI is InChI=1S/C49H66F3N7O5/c1-31-24-41-40(43(55-33(3)54-41)53-32(2)36-25-37(49(50,51)52)28-38(26-36)56-44(61)63-46(4,5)6)29-39(31)35-14-21-58(42(60)27-35)20-11-19-57(10)30-34-12-15-48(16-13-34)17-22-59(23-18-48)45(62)64-47(7,8)9/h14,21,24-29,32,34H,11-13,15-20,22-23,30H2,1-10H3,(H,56,61)(H,53,54,55)/t32-/m1/s1. The number of halogens is 3. The van der Waals surface area contributed by atoms with Gasteiger partial charge in [0.05, 0.1) is 17.1 Å². The lowest BCUT2D eigenvalue weighted by molar-refractivity contribution is -0.137. The van der Waals surface area contributed by atoms with Gasteiger partial charge in [0, 0.05) is 49.5 Å². The number of hydrogen-bond donors (Lipinski definition) is 2. The van der Waals surface area contributed by atoms with Gasteiger partial charge in [-0.25, -0.2) is 19.6 Å². The Bertz CT molecular complexity index is 2370. The monoisotopic (exact) mass is 890 g/mol. The number of benzene rings is 2. The van der Waals surface area contributed by atoms with E-state index in [1.165, 1.54) is 31.7 Å². The molecule has 1 saturated carbocycles. The number of alkyl halides is 3. The Labute approximate surface area is 375 Å². The van der Waals surface area contributed by atoms with Gasteiger partial charge < -0.3 is 29.2 Å². The molecule has 348 valence electrons. The SMILES string of the molecule is Cc1nc(N[C@H](C)c2cc(NC(=O)OC(C)(C)C)cc(C(F)(F)F)c2)c2cc(-c3ccn(CCCN(C)CC4CCC5(CC4)CCN(C(=O)OC(C)(C)C)CC5)c(=O)c3)c(C)cc2n1. The lowest BCUT2D eigenvalue weighted by Crippen LogP contribution is -2.46. The number of pyridine rings is 1. The average Bonchev–Trinajstić information content (AvgIpc) is 3.17. The zero-order valence-corrected chi connectivity index (χ0v) is 39.2. The number of hydrogen-bond acceptors (Lipinski definition) is 9. The van der Waals surface area contributed by atoms with Crippen molar-refractivity contribution in [2.45, 2.75) is 137 Å². The van der Waals surface area contributed by atoms with Gasteiger partial charge in [-0.2, -0.15) is 13.2 Å². The van der Waals surface area contributed by atoms with Gasteiger partial charge in [-0.15, -0.1) is 0 Å². The fourth-order valence-corrected chi connectivity index (χ4v) is 9.03. The lowest BCUT2D eigenvalue weighted by atomic mass is 9.65. The number of ether oxygens (including phenoxy) is 2. The normalized spacial score (nSPS) is 16.6. The summed E-state index contributed by atoms with van der Waals surface area (Å²) in [5.74, 6) is 1.53. The predicted octanol–water partition coefficient (Wildman–Crippen LogP) is 11.1. The summed E-state index contributed by atoms with van der Waals surface area (Å²) in [6.07, 6.45) is 3.81. The largest absolute Gasteiger partial charge is 0.444 e. The summed E-state index contributed by atoms with van der Waals surface area (Å²) >= 11 is 0. The van der Waals surface area contributed by atoms with E-state index in [0.29, 0.717) is 40.4 Å². The third kappa shape index (κ3) is 12.8. The van der Waals surface area contributed by atoms with Crippen LogP contribution in [0.5, 0.6) is 0 Å². The molecule has 0 unspecified atom stereocenters. The minimum absolute atomic E-state index is 0.0551. The summed E-state index contributed by atoms with van der Waals surface area (Å²) < 4.78 is 54.8. The highest BCUT2D eigenvalue weighted by atomic mass is 19.4. The maximum atomic E-state index is 14.1. The summed E-state index contributed by atoms with van der Waals surface area (Å²) in [4.78, 5) is 52.1. The molecule has 15 heteroatoms. The van der Waals surface area contributed by atoms with Crippen molar-refractivity contribution in [3.63, 3.8) is 0 Å². The van der Waals surface area contributed by atoms with Gasteiger partial charge in [0.15, 0.2) is 0 Å². The van der Waals surface area contributed by atoms with E-state index in [0.717, 1.165) is 74.3 Å². The number of amides is 2. The average molecular weight is 890 g/mol. The van der Waals surface area contributed by atoms with Crippen LogP contribution in [-0.4, -0.2) is 81.0 Å². The van der Waals surface area contributed by atoms with Gasteiger partial charge in [-0.3, -0.25) is 10.1 Å². The second-order valence-electron chi connectivity index (χ2n) is 20.1. The van der Waals surface area contributed by atoms with Gasteiger partial charge in [0.1, 0.15) is 22.8 Å². The number of aryl methyl sites for hydroxylation is 3. The number of carbonyl (C=O) groups is 2. The van der Waals surface area contributed by atoms with Crippen molar-refractivity contribution in [2.24, 2.45) is 11.3 Å². The van der Waals surface area contributed by atoms with Crippen molar-refractivity contribution in [3.05, 3.63) is 81.5 Å². The Morgan fingerprint density at radius 2 is 1.59 bits per heavy atom. The maximum absolute atomic E-state index is 14.1. The van der Waals surface area contributed by atoms with Gasteiger partial charge in [0.2, 0.25) is 0 Å². The van der Waals surface area contributed by atoms with Crippen molar-refractivity contribution in [2.75, 3.05) is 43.9 Å². The number of fused-ring (bicyclic) bond motifs is 1. The molecule has 1 saturated heterocycles. The first-order valence-corrected chi connectivity index (χ1v) is 22.5. The van der Waals surface area contributed by atoms with Crippen molar-refractivity contribution < 1.29 is 32.2 Å². The molecule has 1 spiro atoms. The zero-order chi connectivity index (χ0) is 46.8. The first kappa shape index (κ1) is 48.3. The van der Waals surface area contributed by atoms with Crippen molar-refractivity contribution in [1.29, 1.82) is 0 Å². The highest BCUT2D eigenvalue weighted by Gasteiger charge is 2.40. The smallest absolute Gasteiger partial charge is 0.416 e. The molecule has 2 aromatic heterocycles. The van der Waals surface area contributed by atoms with Crippen LogP contribution in [0.1, 0.15) is 122 Å². The molecule has 2 amide bonds. The fraction of sp³-hybridized carbons (Fsp3) is 0.571. The summed E-state index contributed by atoms with van der Waals surface area (Å²) in [5, 5.41) is 6.37. The third-order valence-corrected chi connectivity index (χ3v) is 12.4. The summed E-state index contributed by atoms with van der Waals surface area (Å²) in [6.45, 7) is 20.2. The quantitative estimate of drug-likeness (QED) is 0.151. The first-order valence-electron chi connectivity index (χ1n) is 22.5. The molecule has 6 rings (SSSR count). The van der Waals surface area contributed by atoms with Crippen LogP contribution >= 0.6 is 0 Å². The van der Waals surface area contributed by atoms with Crippen molar-refractivity contribution in [1.82, 2.24) is 24.3 Å². The third-order valence-electron chi connectivity index (χ3n) is 12.4. The molecular weight excluding hydrogens is 824 g/mol. The lowest BCUT2D eigenvalue weighted by Gasteiger charge is -2.46. The zero-order valence-electron chi connectivity index (χ0n) is 39.2. The van der Waals surface area contributed by atoms with Gasteiger partial charge in [-0.1, -0.05) is 0 Å². The molecule has 0 bridgehead atoms. The van der Waals surface area contributed by atoms with Gasteiger partial charge in [0.25, 0.3) is 5.56 Å². The minimum Gasteiger partial charge on any atom is -0.444 e. The molecule has 3 heterocycles. The number of likely N-dealkylation sites (tertiary alicyclic amines) is 1. The van der Waals surface area contributed by atoms with Gasteiger partial charge in [-0.05, 0) is 191 Å². The molecule has 2 fully saturated rings. The molecule has 64 heavy (non-hydrogen) atoms. The molecule has 2 aromatic carbocycles. The van der Waals surface area contributed by atoms with E-state index in [-0.39, 0.29) is 22.9 Å². The molecule has 4 aromatic rings. The van der Waals surface area contributed by atoms with E-state index < -0.39 is 35.1 Å². The molecular formula is C49H66F3N7O5. The summed E-state index contributed by atoms with van der Waals surface area (Å²) in [6, 6.07) is 10.1. The van der Waals surface area contributed by atoms with Crippen molar-refractivity contribution in [3.8, 4) is 11.1 Å². The van der Waals surface area contributed by atoms with Crippen LogP contribution in [0.3, 0.4) is 0 Å². The molecule has 1 atom stereocenters. The van der Waals surface area contributed by atoms with Crippen LogP contribution in [0.2, 0.25) is 0 Å². The molecule has 1 aliphatic heterocycles. The fourth-order valence-electron chi connectivity index (χ4n) is 9.03. The first-order chi connectivity index (χ1) is 29.8. The van der Waals surface area contributed by atoms with Crippen LogP contribution in [0.15, 0.2) is 53.5 Å². The number of nitrogens with zero attached hydrogens (tertiary/aromatic N) is 5. The Kier molecular flexibility index (Phi) is 14.4. The summed E-state index contributed by atoms with van der Waals surface area (Å²) in [5.41, 5.74) is 1.29. The molecule has 12 nitrogen and oxygen atoms in total. The molecule has 0 radical (unpaired) electrons. The van der Waals surface area contributed by atoms with E-state index in [2.05, 4.69) is 32.5 Å². The van der Waals surface area contributed by atoms with E-state index in [1.54, 1.807) is 45.3 Å². The Hall–Kier alpha value is -5.18. The topological polar surface area (TPSA) is 131 Å². The predicted molar refractivity (Wildman–Crippen MR) is 246 cm³/mol. The summed E-state index contributed by atoms with van der Waals surface area (Å²) in [7, 11) is 2.16. The van der Waals surface area contributed by atoms with E-state index in [9.17, 15) is 27.6 Å². The maximum Gasteiger partial charge on any atom is 0.416 e. The Morgan fingerprint density at radius 3 is 2.22 bits per heavy atom. The molecule has 2 N–H and O–H groups in total. The number of carbonyl (C=O) groups excluding carboxylic acids is 2. The highest BCUT2D eigenvalue weighted by molar-refractivity contribution is 5.94.